The molecule has 5 nitrogen and oxygen atoms in total. The lowest BCUT2D eigenvalue weighted by Gasteiger charge is -2.33. The number of rotatable bonds is 6. The molecule has 0 spiro atoms. The molecule has 146 valence electrons. The van der Waals surface area contributed by atoms with E-state index in [2.05, 4.69) is 44.6 Å². The zero-order chi connectivity index (χ0) is 19.3. The van der Waals surface area contributed by atoms with Gasteiger partial charge in [-0.2, -0.15) is 0 Å². The van der Waals surface area contributed by atoms with Gasteiger partial charge in [0.25, 0.3) is 0 Å². The fraction of sp³-hybridized carbons (Fsp3) is 0.391. The van der Waals surface area contributed by atoms with Crippen LogP contribution in [0.1, 0.15) is 24.1 Å². The number of aromatic nitrogens is 3. The Morgan fingerprint density at radius 3 is 2.86 bits per heavy atom. The van der Waals surface area contributed by atoms with E-state index in [0.29, 0.717) is 5.92 Å². The lowest BCUT2D eigenvalue weighted by molar-refractivity contribution is 0.156. The Labute approximate surface area is 167 Å². The third kappa shape index (κ3) is 4.25. The molecule has 1 aliphatic rings. The van der Waals surface area contributed by atoms with Crippen LogP contribution in [0.15, 0.2) is 55.0 Å². The van der Waals surface area contributed by atoms with Gasteiger partial charge < -0.3 is 9.30 Å². The van der Waals surface area contributed by atoms with Crippen molar-refractivity contribution in [3.05, 3.63) is 66.2 Å². The lowest BCUT2D eigenvalue weighted by atomic mass is 9.97. The minimum absolute atomic E-state index is 0.632. The Morgan fingerprint density at radius 1 is 1.18 bits per heavy atom. The average Bonchev–Trinajstić information content (AvgIpc) is 3.09. The van der Waals surface area contributed by atoms with E-state index in [1.807, 2.05) is 36.8 Å². The van der Waals surface area contributed by atoms with E-state index in [0.717, 1.165) is 43.3 Å². The molecule has 1 aliphatic heterocycles. The molecule has 0 aliphatic carbocycles. The first kappa shape index (κ1) is 18.7. The molecule has 3 heterocycles. The minimum Gasteiger partial charge on any atom is -0.497 e. The molecular weight excluding hydrogens is 348 g/mol. The summed E-state index contributed by atoms with van der Waals surface area (Å²) >= 11 is 0. The van der Waals surface area contributed by atoms with Gasteiger partial charge in [-0.05, 0) is 62.1 Å². The maximum Gasteiger partial charge on any atom is 0.140 e. The molecule has 5 heteroatoms. The van der Waals surface area contributed by atoms with E-state index in [-0.39, 0.29) is 0 Å². The Bertz CT molecular complexity index is 906. The van der Waals surface area contributed by atoms with Gasteiger partial charge in [-0.15, -0.1) is 0 Å². The second-order valence-electron chi connectivity index (χ2n) is 7.66. The summed E-state index contributed by atoms with van der Waals surface area (Å²) in [4.78, 5) is 11.4. The van der Waals surface area contributed by atoms with E-state index in [9.17, 15) is 0 Å². The van der Waals surface area contributed by atoms with Gasteiger partial charge in [0, 0.05) is 49.5 Å². The first-order chi connectivity index (χ1) is 13.7. The van der Waals surface area contributed by atoms with Gasteiger partial charge in [-0.3, -0.25) is 9.88 Å². The van der Waals surface area contributed by atoms with Crippen LogP contribution in [-0.4, -0.2) is 39.6 Å². The number of nitrogens with zero attached hydrogens (tertiary/aromatic N) is 4. The van der Waals surface area contributed by atoms with E-state index in [4.69, 9.17) is 4.74 Å². The molecule has 1 saturated heterocycles. The molecule has 0 saturated carbocycles. The highest BCUT2D eigenvalue weighted by molar-refractivity contribution is 5.55. The van der Waals surface area contributed by atoms with Crippen molar-refractivity contribution in [1.82, 2.24) is 19.4 Å². The maximum absolute atomic E-state index is 5.37. The molecule has 1 atom stereocenters. The molecule has 1 aromatic carbocycles. The topological polar surface area (TPSA) is 43.2 Å². The Kier molecular flexibility index (Phi) is 5.72. The van der Waals surface area contributed by atoms with E-state index in [1.165, 1.54) is 24.1 Å². The molecule has 28 heavy (non-hydrogen) atoms. The van der Waals surface area contributed by atoms with Crippen LogP contribution in [0.3, 0.4) is 0 Å². The maximum atomic E-state index is 5.37. The number of methoxy groups -OCH3 is 1. The van der Waals surface area contributed by atoms with Gasteiger partial charge >= 0.3 is 0 Å². The summed E-state index contributed by atoms with van der Waals surface area (Å²) in [6, 6.07) is 12.5. The second-order valence-corrected chi connectivity index (χ2v) is 7.66. The Morgan fingerprint density at radius 2 is 2.04 bits per heavy atom. The molecule has 0 N–H and O–H groups in total. The van der Waals surface area contributed by atoms with Crippen molar-refractivity contribution in [2.75, 3.05) is 20.2 Å². The molecular formula is C23H28N4O. The van der Waals surface area contributed by atoms with Gasteiger partial charge in [0.15, 0.2) is 0 Å². The fourth-order valence-electron chi connectivity index (χ4n) is 4.15. The molecule has 0 amide bonds. The van der Waals surface area contributed by atoms with Crippen LogP contribution in [-0.2, 0) is 13.1 Å². The van der Waals surface area contributed by atoms with Gasteiger partial charge in [0.05, 0.1) is 7.11 Å². The summed E-state index contributed by atoms with van der Waals surface area (Å²) in [5.74, 6) is 2.61. The average molecular weight is 377 g/mol. The Hall–Kier alpha value is -2.66. The highest BCUT2D eigenvalue weighted by Gasteiger charge is 2.22. The van der Waals surface area contributed by atoms with Crippen molar-refractivity contribution < 1.29 is 4.74 Å². The fourth-order valence-corrected chi connectivity index (χ4v) is 4.15. The minimum atomic E-state index is 0.632. The molecule has 2 aromatic heterocycles. The van der Waals surface area contributed by atoms with Gasteiger partial charge in [0.1, 0.15) is 11.6 Å². The number of likely N-dealkylation sites (tertiary alicyclic amines) is 1. The SMILES string of the molecule is COc1cccc(CN2CCCC(Cn3c(C)cnc3-c3ccncc3)C2)c1. The summed E-state index contributed by atoms with van der Waals surface area (Å²) in [6.45, 7) is 6.42. The predicted octanol–water partition coefficient (Wildman–Crippen LogP) is 4.17. The number of imidazole rings is 1. The second kappa shape index (κ2) is 8.57. The van der Waals surface area contributed by atoms with Gasteiger partial charge in [-0.1, -0.05) is 12.1 Å². The van der Waals surface area contributed by atoms with Crippen molar-refractivity contribution in [2.45, 2.75) is 32.9 Å². The van der Waals surface area contributed by atoms with Crippen LogP contribution in [0.25, 0.3) is 11.4 Å². The smallest absolute Gasteiger partial charge is 0.140 e. The van der Waals surface area contributed by atoms with Crippen LogP contribution in [0.2, 0.25) is 0 Å². The third-order valence-electron chi connectivity index (χ3n) is 5.58. The molecule has 3 aromatic rings. The summed E-state index contributed by atoms with van der Waals surface area (Å²) in [6.07, 6.45) is 8.15. The van der Waals surface area contributed by atoms with Crippen LogP contribution >= 0.6 is 0 Å². The number of benzene rings is 1. The highest BCUT2D eigenvalue weighted by atomic mass is 16.5. The third-order valence-corrected chi connectivity index (χ3v) is 5.58. The number of aryl methyl sites for hydroxylation is 1. The van der Waals surface area contributed by atoms with E-state index in [1.54, 1.807) is 7.11 Å². The van der Waals surface area contributed by atoms with Crippen molar-refractivity contribution >= 4 is 0 Å². The number of piperidine rings is 1. The van der Waals surface area contributed by atoms with Crippen LogP contribution < -0.4 is 4.74 Å². The lowest BCUT2D eigenvalue weighted by Crippen LogP contribution is -2.36. The molecule has 1 unspecified atom stereocenters. The number of pyridine rings is 1. The molecule has 4 rings (SSSR count). The van der Waals surface area contributed by atoms with Crippen molar-refractivity contribution in [3.8, 4) is 17.1 Å². The van der Waals surface area contributed by atoms with Crippen molar-refractivity contribution in [1.29, 1.82) is 0 Å². The van der Waals surface area contributed by atoms with Crippen LogP contribution in [0.4, 0.5) is 0 Å². The predicted molar refractivity (Wildman–Crippen MR) is 111 cm³/mol. The molecule has 0 radical (unpaired) electrons. The zero-order valence-electron chi connectivity index (χ0n) is 16.7. The molecule has 1 fully saturated rings. The summed E-state index contributed by atoms with van der Waals surface area (Å²) < 4.78 is 7.74. The first-order valence-electron chi connectivity index (χ1n) is 10.0. The number of ether oxygens (including phenoxy) is 1. The van der Waals surface area contributed by atoms with Crippen LogP contribution in [0.5, 0.6) is 5.75 Å². The van der Waals surface area contributed by atoms with E-state index >= 15 is 0 Å². The van der Waals surface area contributed by atoms with Crippen molar-refractivity contribution in [2.24, 2.45) is 5.92 Å². The van der Waals surface area contributed by atoms with Crippen LogP contribution in [0, 0.1) is 12.8 Å². The monoisotopic (exact) mass is 376 g/mol. The summed E-state index contributed by atoms with van der Waals surface area (Å²) in [7, 11) is 1.73. The van der Waals surface area contributed by atoms with E-state index < -0.39 is 0 Å². The highest BCUT2D eigenvalue weighted by Crippen LogP contribution is 2.25. The quantitative estimate of drug-likeness (QED) is 0.647. The summed E-state index contributed by atoms with van der Waals surface area (Å²) in [5.41, 5.74) is 3.67. The normalized spacial score (nSPS) is 17.6. The Balaban J connectivity index is 1.45. The van der Waals surface area contributed by atoms with Gasteiger partial charge in [-0.25, -0.2) is 4.98 Å². The number of hydrogen-bond acceptors (Lipinski definition) is 4. The van der Waals surface area contributed by atoms with Gasteiger partial charge in [0.2, 0.25) is 0 Å². The number of hydrogen-bond donors (Lipinski definition) is 0. The largest absolute Gasteiger partial charge is 0.497 e. The standard InChI is InChI=1S/C23H28N4O/c1-18-14-25-23(21-8-10-24-11-9-21)27(18)17-20-6-4-12-26(16-20)15-19-5-3-7-22(13-19)28-2/h3,5,7-11,13-14,20H,4,6,12,15-17H2,1-2H3. The first-order valence-corrected chi connectivity index (χ1v) is 10.0. The zero-order valence-corrected chi connectivity index (χ0v) is 16.7. The molecule has 0 bridgehead atoms. The van der Waals surface area contributed by atoms with Crippen molar-refractivity contribution in [3.63, 3.8) is 0 Å². The summed E-state index contributed by atoms with van der Waals surface area (Å²) in [5, 5.41) is 0.